The first kappa shape index (κ1) is 15.0. The maximum Gasteiger partial charge on any atom is 0.175 e. The molecule has 5 nitrogen and oxygen atoms in total. The Hall–Kier alpha value is -2.40. The number of amidine groups is 1. The molecule has 2 aromatic carbocycles. The van der Waals surface area contributed by atoms with Crippen molar-refractivity contribution in [3.05, 3.63) is 53.1 Å². The van der Waals surface area contributed by atoms with Crippen LogP contribution >= 0.6 is 11.6 Å². The summed E-state index contributed by atoms with van der Waals surface area (Å²) in [5, 5.41) is 12.2. The number of hydrogen-bond donors (Lipinski definition) is 2. The second-order valence-electron chi connectivity index (χ2n) is 4.59. The van der Waals surface area contributed by atoms with Gasteiger partial charge in [-0.1, -0.05) is 28.9 Å². The van der Waals surface area contributed by atoms with Crippen LogP contribution in [0.2, 0.25) is 5.02 Å². The predicted octanol–water partition coefficient (Wildman–Crippen LogP) is 3.29. The molecular weight excluding hydrogens is 290 g/mol. The van der Waals surface area contributed by atoms with Gasteiger partial charge in [0.25, 0.3) is 0 Å². The highest BCUT2D eigenvalue weighted by molar-refractivity contribution is 6.34. The zero-order chi connectivity index (χ0) is 15.4. The average Bonchev–Trinajstić information content (AvgIpc) is 2.47. The molecule has 0 saturated heterocycles. The molecule has 3 N–H and O–H groups in total. The molecule has 2 rings (SSSR count). The summed E-state index contributed by atoms with van der Waals surface area (Å²) in [6, 6.07) is 12.7. The average molecular weight is 306 g/mol. The summed E-state index contributed by atoms with van der Waals surface area (Å²) in [5.41, 5.74) is 7.01. The van der Waals surface area contributed by atoms with Crippen molar-refractivity contribution < 1.29 is 9.94 Å². The smallest absolute Gasteiger partial charge is 0.175 e. The molecule has 0 saturated carbocycles. The Morgan fingerprint density at radius 2 is 1.95 bits per heavy atom. The lowest BCUT2D eigenvalue weighted by Gasteiger charge is -2.15. The van der Waals surface area contributed by atoms with Gasteiger partial charge in [0.2, 0.25) is 0 Å². The van der Waals surface area contributed by atoms with E-state index in [9.17, 15) is 0 Å². The van der Waals surface area contributed by atoms with Gasteiger partial charge in [0.05, 0.1) is 10.6 Å². The summed E-state index contributed by atoms with van der Waals surface area (Å²) in [4.78, 5) is 1.97. The van der Waals surface area contributed by atoms with E-state index in [2.05, 4.69) is 5.16 Å². The van der Waals surface area contributed by atoms with Crippen LogP contribution in [0.5, 0.6) is 11.5 Å². The van der Waals surface area contributed by atoms with Gasteiger partial charge in [0, 0.05) is 25.8 Å². The van der Waals surface area contributed by atoms with E-state index in [4.69, 9.17) is 27.3 Å². The molecule has 21 heavy (non-hydrogen) atoms. The van der Waals surface area contributed by atoms with Crippen LogP contribution in [0.4, 0.5) is 5.69 Å². The molecule has 0 atom stereocenters. The number of benzene rings is 2. The lowest BCUT2D eigenvalue weighted by atomic mass is 10.2. The monoisotopic (exact) mass is 305 g/mol. The van der Waals surface area contributed by atoms with Crippen molar-refractivity contribution in [2.75, 3.05) is 19.0 Å². The summed E-state index contributed by atoms with van der Waals surface area (Å²) < 4.78 is 5.82. The molecule has 0 radical (unpaired) electrons. The molecule has 0 unspecified atom stereocenters. The van der Waals surface area contributed by atoms with Gasteiger partial charge >= 0.3 is 0 Å². The zero-order valence-electron chi connectivity index (χ0n) is 11.7. The minimum absolute atomic E-state index is 0.0978. The second kappa shape index (κ2) is 6.37. The molecule has 2 aromatic rings. The van der Waals surface area contributed by atoms with Crippen LogP contribution in [0.3, 0.4) is 0 Å². The summed E-state index contributed by atoms with van der Waals surface area (Å²) in [7, 11) is 3.89. The van der Waals surface area contributed by atoms with Gasteiger partial charge in [-0.2, -0.15) is 0 Å². The first-order valence-electron chi connectivity index (χ1n) is 6.24. The molecule has 0 bridgehead atoms. The third kappa shape index (κ3) is 3.38. The number of nitrogens with zero attached hydrogens (tertiary/aromatic N) is 2. The molecule has 0 spiro atoms. The van der Waals surface area contributed by atoms with Crippen molar-refractivity contribution in [3.63, 3.8) is 0 Å². The molecule has 0 aliphatic heterocycles. The van der Waals surface area contributed by atoms with E-state index in [0.717, 1.165) is 5.69 Å². The molecular formula is C15H16ClN3O2. The van der Waals surface area contributed by atoms with Crippen molar-refractivity contribution in [2.45, 2.75) is 0 Å². The van der Waals surface area contributed by atoms with E-state index < -0.39 is 0 Å². The van der Waals surface area contributed by atoms with E-state index in [1.165, 1.54) is 0 Å². The van der Waals surface area contributed by atoms with Crippen LogP contribution in [0.15, 0.2) is 47.6 Å². The first-order chi connectivity index (χ1) is 10.0. The Labute approximate surface area is 128 Å². The predicted molar refractivity (Wildman–Crippen MR) is 84.8 cm³/mol. The van der Waals surface area contributed by atoms with Gasteiger partial charge in [-0.15, -0.1) is 0 Å². The van der Waals surface area contributed by atoms with Crippen molar-refractivity contribution in [1.82, 2.24) is 0 Å². The van der Waals surface area contributed by atoms with Crippen LogP contribution in [-0.4, -0.2) is 25.1 Å². The molecule has 0 aliphatic rings. The molecule has 0 amide bonds. The minimum Gasteiger partial charge on any atom is -0.456 e. The van der Waals surface area contributed by atoms with Gasteiger partial charge in [-0.05, 0) is 24.3 Å². The number of halogens is 1. The van der Waals surface area contributed by atoms with E-state index in [0.29, 0.717) is 22.1 Å². The van der Waals surface area contributed by atoms with E-state index in [-0.39, 0.29) is 5.84 Å². The van der Waals surface area contributed by atoms with Gasteiger partial charge in [0.1, 0.15) is 11.5 Å². The maximum absolute atomic E-state index is 8.86. The van der Waals surface area contributed by atoms with Crippen LogP contribution < -0.4 is 15.4 Å². The van der Waals surface area contributed by atoms with E-state index in [1.807, 2.05) is 43.3 Å². The molecule has 0 fully saturated rings. The summed E-state index contributed by atoms with van der Waals surface area (Å²) in [5.74, 6) is 0.962. The number of oxime groups is 1. The topological polar surface area (TPSA) is 71.1 Å². The van der Waals surface area contributed by atoms with Crippen molar-refractivity contribution >= 4 is 23.1 Å². The summed E-state index contributed by atoms with van der Waals surface area (Å²) in [6.45, 7) is 0. The van der Waals surface area contributed by atoms with E-state index >= 15 is 0 Å². The van der Waals surface area contributed by atoms with Gasteiger partial charge < -0.3 is 20.6 Å². The largest absolute Gasteiger partial charge is 0.456 e. The van der Waals surface area contributed by atoms with Gasteiger partial charge in [0.15, 0.2) is 5.84 Å². The fourth-order valence-electron chi connectivity index (χ4n) is 1.84. The number of ether oxygens (including phenoxy) is 1. The number of hydrogen-bond acceptors (Lipinski definition) is 4. The standard InChI is InChI=1S/C15H16ClN3O2/c1-19(2)10-5-3-6-11(9-10)21-13-8-4-7-12(16)14(13)15(17)18-20/h3-9,20H,1-2H3,(H2,17,18). The van der Waals surface area contributed by atoms with Gasteiger partial charge in [-0.25, -0.2) is 0 Å². The summed E-state index contributed by atoms with van der Waals surface area (Å²) >= 11 is 6.09. The van der Waals surface area contributed by atoms with Gasteiger partial charge in [-0.3, -0.25) is 0 Å². The van der Waals surface area contributed by atoms with Crippen LogP contribution in [0.1, 0.15) is 5.56 Å². The van der Waals surface area contributed by atoms with Crippen LogP contribution in [0.25, 0.3) is 0 Å². The van der Waals surface area contributed by atoms with E-state index in [1.54, 1.807) is 18.2 Å². The highest BCUT2D eigenvalue weighted by Gasteiger charge is 2.13. The lowest BCUT2D eigenvalue weighted by molar-refractivity contribution is 0.318. The fourth-order valence-corrected chi connectivity index (χ4v) is 2.10. The second-order valence-corrected chi connectivity index (χ2v) is 5.00. The first-order valence-corrected chi connectivity index (χ1v) is 6.62. The quantitative estimate of drug-likeness (QED) is 0.393. The Morgan fingerprint density at radius 1 is 1.24 bits per heavy atom. The lowest BCUT2D eigenvalue weighted by Crippen LogP contribution is -2.15. The van der Waals surface area contributed by atoms with Crippen molar-refractivity contribution in [1.29, 1.82) is 0 Å². The molecule has 110 valence electrons. The highest BCUT2D eigenvalue weighted by atomic mass is 35.5. The van der Waals surface area contributed by atoms with Crippen LogP contribution in [0, 0.1) is 0 Å². The Bertz CT molecular complexity index is 672. The Morgan fingerprint density at radius 3 is 2.62 bits per heavy atom. The normalized spacial score (nSPS) is 11.3. The van der Waals surface area contributed by atoms with Crippen molar-refractivity contribution in [3.8, 4) is 11.5 Å². The maximum atomic E-state index is 8.86. The molecule has 0 aliphatic carbocycles. The highest BCUT2D eigenvalue weighted by Crippen LogP contribution is 2.31. The molecule has 0 aromatic heterocycles. The number of nitrogens with two attached hydrogens (primary N) is 1. The Balaban J connectivity index is 2.40. The third-order valence-electron chi connectivity index (χ3n) is 2.90. The number of rotatable bonds is 4. The molecule has 0 heterocycles. The fraction of sp³-hybridized carbons (Fsp3) is 0.133. The number of anilines is 1. The third-order valence-corrected chi connectivity index (χ3v) is 3.22. The van der Waals surface area contributed by atoms with Crippen molar-refractivity contribution in [2.24, 2.45) is 10.9 Å². The Kier molecular flexibility index (Phi) is 4.55. The van der Waals surface area contributed by atoms with Crippen LogP contribution in [-0.2, 0) is 0 Å². The minimum atomic E-state index is -0.0978. The summed E-state index contributed by atoms with van der Waals surface area (Å²) in [6.07, 6.45) is 0. The zero-order valence-corrected chi connectivity index (χ0v) is 12.5. The SMILES string of the molecule is CN(C)c1cccc(Oc2cccc(Cl)c2C(N)=NO)c1. The molecule has 6 heteroatoms.